The second-order valence-corrected chi connectivity index (χ2v) is 14.8. The lowest BCUT2D eigenvalue weighted by Crippen LogP contribution is -2.50. The van der Waals surface area contributed by atoms with Crippen LogP contribution in [0.15, 0.2) is 132 Å². The smallest absolute Gasteiger partial charge is 0.321 e. The topological polar surface area (TPSA) is 148 Å². The highest BCUT2D eigenvalue weighted by molar-refractivity contribution is 7.14. The van der Waals surface area contributed by atoms with Crippen LogP contribution in [0.1, 0.15) is 43.0 Å². The molecule has 0 aliphatic carbocycles. The number of amides is 4. The van der Waals surface area contributed by atoms with Crippen molar-refractivity contribution >= 4 is 50.8 Å². The van der Waals surface area contributed by atoms with Crippen LogP contribution >= 0.6 is 22.7 Å². The van der Waals surface area contributed by atoms with Crippen LogP contribution in [-0.4, -0.2) is 72.1 Å². The molecule has 0 spiro atoms. The van der Waals surface area contributed by atoms with Gasteiger partial charge < -0.3 is 20.0 Å². The first-order valence-electron chi connectivity index (χ1n) is 17.4. The van der Waals surface area contributed by atoms with Gasteiger partial charge in [0.1, 0.15) is 12.2 Å². The Labute approximate surface area is 320 Å². The number of hydrogen-bond donors (Lipinski definition) is 4. The average molecular weight is 759 g/mol. The van der Waals surface area contributed by atoms with Gasteiger partial charge in [0.15, 0.2) is 10.3 Å². The fraction of sp³-hybridized carbons (Fsp3) is 0.195. The number of urea groups is 1. The highest BCUT2D eigenvalue weighted by atomic mass is 32.1. The molecule has 274 valence electrons. The number of nitrogens with zero attached hydrogens (tertiary/aromatic N) is 4. The Morgan fingerprint density at radius 2 is 1.00 bits per heavy atom. The first-order chi connectivity index (χ1) is 26.3. The van der Waals surface area contributed by atoms with E-state index in [1.54, 1.807) is 69.4 Å². The Kier molecular flexibility index (Phi) is 11.5. The zero-order valence-electron chi connectivity index (χ0n) is 29.1. The number of aliphatic hydroxyl groups excluding tert-OH is 2. The minimum Gasteiger partial charge on any atom is -0.388 e. The SMILES string of the molecule is O=C(Nc1nccs1)c1cccc(CN2C(=O)N(Cc3cccc(C(=O)Nc4nccs4)c3)C(Cc3ccccc3)C(O)C(O)C2Cc2ccccc2)c1. The van der Waals surface area contributed by atoms with Gasteiger partial charge in [-0.05, 0) is 59.4 Å². The fourth-order valence-electron chi connectivity index (χ4n) is 6.74. The van der Waals surface area contributed by atoms with Gasteiger partial charge in [-0.2, -0.15) is 0 Å². The summed E-state index contributed by atoms with van der Waals surface area (Å²) in [5.41, 5.74) is 3.87. The summed E-state index contributed by atoms with van der Waals surface area (Å²) in [7, 11) is 0. The molecule has 4 N–H and O–H groups in total. The van der Waals surface area contributed by atoms with E-state index < -0.39 is 30.3 Å². The molecule has 4 amide bonds. The number of carbonyl (C=O) groups is 3. The Bertz CT molecular complexity index is 2020. The van der Waals surface area contributed by atoms with E-state index >= 15 is 4.79 Å². The first kappa shape index (κ1) is 36.6. The van der Waals surface area contributed by atoms with Gasteiger partial charge in [-0.1, -0.05) is 84.9 Å². The number of anilines is 2. The largest absolute Gasteiger partial charge is 0.388 e. The van der Waals surface area contributed by atoms with Gasteiger partial charge in [-0.15, -0.1) is 22.7 Å². The molecule has 6 aromatic rings. The minimum atomic E-state index is -1.33. The van der Waals surface area contributed by atoms with Crippen molar-refractivity contribution < 1.29 is 24.6 Å². The third-order valence-electron chi connectivity index (χ3n) is 9.40. The van der Waals surface area contributed by atoms with Gasteiger partial charge in [0, 0.05) is 47.4 Å². The monoisotopic (exact) mass is 758 g/mol. The molecule has 2 aromatic heterocycles. The van der Waals surface area contributed by atoms with E-state index in [4.69, 9.17) is 0 Å². The van der Waals surface area contributed by atoms with Crippen LogP contribution in [-0.2, 0) is 25.9 Å². The fourth-order valence-corrected chi connectivity index (χ4v) is 7.79. The number of rotatable bonds is 12. The number of carbonyl (C=O) groups excluding carboxylic acids is 3. The summed E-state index contributed by atoms with van der Waals surface area (Å²) in [4.78, 5) is 53.0. The van der Waals surface area contributed by atoms with Crippen molar-refractivity contribution in [2.45, 2.75) is 50.2 Å². The standard InChI is InChI=1S/C41H38N6O5S2/c48-35-33(23-27-9-3-1-4-10-27)46(25-29-13-7-15-31(21-29)37(50)44-39-42-17-19-53-39)41(52)47(34(36(35)49)24-28-11-5-2-6-12-28)26-30-14-8-16-32(22-30)38(51)45-40-43-18-20-54-40/h1-22,33-36,48-49H,23-26H2,(H,42,44,50)(H,43,45,51). The molecule has 4 atom stereocenters. The normalized spacial score (nSPS) is 18.6. The molecule has 13 heteroatoms. The average Bonchev–Trinajstić information content (AvgIpc) is 3.92. The maximum Gasteiger partial charge on any atom is 0.321 e. The van der Waals surface area contributed by atoms with Crippen LogP contribution in [0.25, 0.3) is 0 Å². The lowest BCUT2D eigenvalue weighted by atomic mass is 9.90. The number of benzene rings is 4. The molecule has 7 rings (SSSR count). The summed E-state index contributed by atoms with van der Waals surface area (Å²) in [5, 5.41) is 34.3. The second kappa shape index (κ2) is 16.9. The van der Waals surface area contributed by atoms with Gasteiger partial charge in [0.05, 0.1) is 12.1 Å². The molecular formula is C41H38N6O5S2. The number of aromatic nitrogens is 2. The quantitative estimate of drug-likeness (QED) is 0.112. The molecule has 0 bridgehead atoms. The number of thiazole rings is 2. The zero-order chi connectivity index (χ0) is 37.4. The van der Waals surface area contributed by atoms with E-state index in [0.29, 0.717) is 32.5 Å². The van der Waals surface area contributed by atoms with E-state index in [1.165, 1.54) is 22.7 Å². The summed E-state index contributed by atoms with van der Waals surface area (Å²) in [5.74, 6) is -0.678. The summed E-state index contributed by atoms with van der Waals surface area (Å²) in [6.45, 7) is 0.0899. The summed E-state index contributed by atoms with van der Waals surface area (Å²) < 4.78 is 0. The molecule has 0 radical (unpaired) electrons. The van der Waals surface area contributed by atoms with Crippen LogP contribution in [0.4, 0.5) is 15.1 Å². The van der Waals surface area contributed by atoms with Gasteiger partial charge in [-0.3, -0.25) is 20.2 Å². The molecule has 4 aromatic carbocycles. The van der Waals surface area contributed by atoms with Crippen molar-refractivity contribution in [3.63, 3.8) is 0 Å². The van der Waals surface area contributed by atoms with Crippen molar-refractivity contribution in [2.24, 2.45) is 0 Å². The third kappa shape index (κ3) is 8.72. The third-order valence-corrected chi connectivity index (χ3v) is 10.8. The maximum atomic E-state index is 15.2. The van der Waals surface area contributed by atoms with Crippen molar-refractivity contribution in [1.29, 1.82) is 0 Å². The summed E-state index contributed by atoms with van der Waals surface area (Å²) in [6.07, 6.45) is 1.09. The van der Waals surface area contributed by atoms with Crippen LogP contribution in [0.2, 0.25) is 0 Å². The minimum absolute atomic E-state index is 0.0449. The van der Waals surface area contributed by atoms with E-state index in [0.717, 1.165) is 11.1 Å². The van der Waals surface area contributed by atoms with E-state index in [9.17, 15) is 19.8 Å². The van der Waals surface area contributed by atoms with Crippen LogP contribution in [0, 0.1) is 0 Å². The van der Waals surface area contributed by atoms with Crippen LogP contribution < -0.4 is 10.6 Å². The predicted molar refractivity (Wildman–Crippen MR) is 209 cm³/mol. The van der Waals surface area contributed by atoms with Crippen molar-refractivity contribution in [3.05, 3.63) is 166 Å². The van der Waals surface area contributed by atoms with Crippen molar-refractivity contribution in [3.8, 4) is 0 Å². The molecule has 11 nitrogen and oxygen atoms in total. The Morgan fingerprint density at radius 1 is 0.593 bits per heavy atom. The second-order valence-electron chi connectivity index (χ2n) is 13.0. The molecule has 1 aliphatic rings. The number of aliphatic hydroxyl groups is 2. The summed E-state index contributed by atoms with van der Waals surface area (Å²) in [6, 6.07) is 31.0. The Morgan fingerprint density at radius 3 is 1.39 bits per heavy atom. The molecular weight excluding hydrogens is 721 g/mol. The first-order valence-corrected chi connectivity index (χ1v) is 19.2. The van der Waals surface area contributed by atoms with Gasteiger partial charge in [0.2, 0.25) is 0 Å². The summed E-state index contributed by atoms with van der Waals surface area (Å²) >= 11 is 2.62. The molecule has 3 heterocycles. The molecule has 1 aliphatic heterocycles. The molecule has 1 fully saturated rings. The van der Waals surface area contributed by atoms with E-state index in [1.807, 2.05) is 72.8 Å². The van der Waals surface area contributed by atoms with E-state index in [-0.39, 0.29) is 37.7 Å². The van der Waals surface area contributed by atoms with Crippen molar-refractivity contribution in [1.82, 2.24) is 19.8 Å². The van der Waals surface area contributed by atoms with E-state index in [2.05, 4.69) is 20.6 Å². The van der Waals surface area contributed by atoms with Gasteiger partial charge >= 0.3 is 6.03 Å². The molecule has 0 saturated carbocycles. The lowest BCUT2D eigenvalue weighted by Gasteiger charge is -2.36. The molecule has 54 heavy (non-hydrogen) atoms. The van der Waals surface area contributed by atoms with Crippen LogP contribution in [0.5, 0.6) is 0 Å². The zero-order valence-corrected chi connectivity index (χ0v) is 30.7. The van der Waals surface area contributed by atoms with Crippen molar-refractivity contribution in [2.75, 3.05) is 10.6 Å². The van der Waals surface area contributed by atoms with Gasteiger partial charge in [0.25, 0.3) is 11.8 Å². The highest BCUT2D eigenvalue weighted by Crippen LogP contribution is 2.30. The Balaban J connectivity index is 1.25. The predicted octanol–water partition coefficient (Wildman–Crippen LogP) is 6.49. The highest BCUT2D eigenvalue weighted by Gasteiger charge is 2.46. The molecule has 1 saturated heterocycles. The Hall–Kier alpha value is -5.73. The van der Waals surface area contributed by atoms with Crippen LogP contribution in [0.3, 0.4) is 0 Å². The number of hydrogen-bond acceptors (Lipinski definition) is 9. The van der Waals surface area contributed by atoms with Gasteiger partial charge in [-0.25, -0.2) is 14.8 Å². The number of nitrogens with one attached hydrogen (secondary N) is 2. The molecule has 4 unspecified atom stereocenters. The maximum absolute atomic E-state index is 15.2. The lowest BCUT2D eigenvalue weighted by molar-refractivity contribution is -0.0408.